The maximum absolute atomic E-state index is 10.5. The molecule has 0 aliphatic heterocycles. The van der Waals surface area contributed by atoms with Crippen LogP contribution in [0, 0.1) is 3.57 Å². The molecule has 1 unspecified atom stereocenters. The van der Waals surface area contributed by atoms with Crippen LogP contribution in [0.25, 0.3) is 0 Å². The summed E-state index contributed by atoms with van der Waals surface area (Å²) in [7, 11) is 1.61. The van der Waals surface area contributed by atoms with E-state index in [1.54, 1.807) is 7.11 Å². The lowest BCUT2D eigenvalue weighted by Crippen LogP contribution is -2.03. The first-order chi connectivity index (χ1) is 8.63. The number of hydrogen-bond donors (Lipinski definition) is 1. The van der Waals surface area contributed by atoms with Crippen molar-refractivity contribution in [3.8, 4) is 5.75 Å². The van der Waals surface area contributed by atoms with E-state index in [0.29, 0.717) is 5.75 Å². The number of para-hydroxylation sites is 1. The van der Waals surface area contributed by atoms with Crippen molar-refractivity contribution in [2.24, 2.45) is 0 Å². The molecule has 0 fully saturated rings. The van der Waals surface area contributed by atoms with E-state index in [1.165, 1.54) is 0 Å². The normalized spacial score (nSPS) is 12.2. The van der Waals surface area contributed by atoms with Crippen LogP contribution in [0.4, 0.5) is 0 Å². The van der Waals surface area contributed by atoms with Gasteiger partial charge in [0.1, 0.15) is 11.9 Å². The third-order valence-electron chi connectivity index (χ3n) is 2.69. The Hall–Kier alpha value is -0.590. The molecule has 1 N–H and O–H groups in total. The molecule has 1 atom stereocenters. The van der Waals surface area contributed by atoms with Gasteiger partial charge in [-0.2, -0.15) is 0 Å². The molecule has 2 aromatic rings. The van der Waals surface area contributed by atoms with Gasteiger partial charge in [-0.1, -0.05) is 34.1 Å². The van der Waals surface area contributed by atoms with Crippen molar-refractivity contribution in [3.05, 3.63) is 61.6 Å². The molecule has 2 rings (SSSR count). The van der Waals surface area contributed by atoms with Crippen LogP contribution in [0.5, 0.6) is 5.75 Å². The molecular weight excluding hydrogens is 407 g/mol. The van der Waals surface area contributed by atoms with E-state index in [9.17, 15) is 5.11 Å². The van der Waals surface area contributed by atoms with Crippen LogP contribution >= 0.6 is 38.5 Å². The zero-order chi connectivity index (χ0) is 13.1. The molecule has 0 aliphatic rings. The topological polar surface area (TPSA) is 29.5 Å². The van der Waals surface area contributed by atoms with Crippen molar-refractivity contribution in [2.75, 3.05) is 7.11 Å². The molecule has 0 bridgehead atoms. The molecule has 0 heterocycles. The number of aliphatic hydroxyl groups is 1. The van der Waals surface area contributed by atoms with E-state index >= 15 is 0 Å². The third kappa shape index (κ3) is 2.87. The van der Waals surface area contributed by atoms with Crippen LogP contribution in [-0.2, 0) is 0 Å². The second-order valence-corrected chi connectivity index (χ2v) is 5.91. The monoisotopic (exact) mass is 418 g/mol. The summed E-state index contributed by atoms with van der Waals surface area (Å²) in [4.78, 5) is 0. The highest BCUT2D eigenvalue weighted by molar-refractivity contribution is 14.1. The van der Waals surface area contributed by atoms with Crippen LogP contribution in [0.2, 0.25) is 0 Å². The summed E-state index contributed by atoms with van der Waals surface area (Å²) in [5, 5.41) is 10.5. The van der Waals surface area contributed by atoms with Crippen LogP contribution in [0.1, 0.15) is 17.2 Å². The highest BCUT2D eigenvalue weighted by Crippen LogP contribution is 2.34. The minimum atomic E-state index is -0.703. The van der Waals surface area contributed by atoms with Gasteiger partial charge < -0.3 is 9.84 Å². The van der Waals surface area contributed by atoms with Crippen LogP contribution in [0.15, 0.2) is 46.9 Å². The van der Waals surface area contributed by atoms with Gasteiger partial charge in [-0.3, -0.25) is 0 Å². The standard InChI is InChI=1S/C14H12BrIO2/c1-18-13-5-3-2-4-10(13)14(17)11-8-9(16)6-7-12(11)15/h2-8,14,17H,1H3. The zero-order valence-corrected chi connectivity index (χ0v) is 13.5. The van der Waals surface area contributed by atoms with Crippen molar-refractivity contribution >= 4 is 38.5 Å². The molecule has 0 aliphatic carbocycles. The lowest BCUT2D eigenvalue weighted by atomic mass is 10.0. The van der Waals surface area contributed by atoms with Crippen LogP contribution in [-0.4, -0.2) is 12.2 Å². The Kier molecular flexibility index (Phi) is 4.64. The number of benzene rings is 2. The molecular formula is C14H12BrIO2. The summed E-state index contributed by atoms with van der Waals surface area (Å²) >= 11 is 5.70. The van der Waals surface area contributed by atoms with Crippen molar-refractivity contribution in [2.45, 2.75) is 6.10 Å². The SMILES string of the molecule is COc1ccccc1C(O)c1cc(I)ccc1Br. The van der Waals surface area contributed by atoms with Gasteiger partial charge in [-0.05, 0) is 46.9 Å². The van der Waals surface area contributed by atoms with E-state index < -0.39 is 6.10 Å². The third-order valence-corrected chi connectivity index (χ3v) is 4.08. The first-order valence-corrected chi connectivity index (χ1v) is 7.26. The number of halogens is 2. The highest BCUT2D eigenvalue weighted by atomic mass is 127. The Balaban J connectivity index is 2.47. The van der Waals surface area contributed by atoms with Gasteiger partial charge in [-0.25, -0.2) is 0 Å². The molecule has 0 saturated heterocycles. The number of aliphatic hydroxyl groups excluding tert-OH is 1. The van der Waals surface area contributed by atoms with Crippen LogP contribution in [0.3, 0.4) is 0 Å². The molecule has 4 heteroatoms. The summed E-state index contributed by atoms with van der Waals surface area (Å²) in [6.07, 6.45) is -0.703. The second kappa shape index (κ2) is 6.04. The second-order valence-electron chi connectivity index (χ2n) is 3.81. The summed E-state index contributed by atoms with van der Waals surface area (Å²) in [6, 6.07) is 13.4. The number of ether oxygens (including phenoxy) is 1. The maximum Gasteiger partial charge on any atom is 0.125 e. The van der Waals surface area contributed by atoms with Crippen molar-refractivity contribution in [1.29, 1.82) is 0 Å². The average Bonchev–Trinajstić information content (AvgIpc) is 2.40. The Labute approximate surface area is 128 Å². The van der Waals surface area contributed by atoms with Gasteiger partial charge >= 0.3 is 0 Å². The maximum atomic E-state index is 10.5. The number of methoxy groups -OCH3 is 1. The fourth-order valence-electron chi connectivity index (χ4n) is 1.78. The summed E-state index contributed by atoms with van der Waals surface area (Å²) in [5.41, 5.74) is 1.61. The lowest BCUT2D eigenvalue weighted by molar-refractivity contribution is 0.214. The Morgan fingerprint density at radius 1 is 1.17 bits per heavy atom. The Morgan fingerprint density at radius 3 is 2.61 bits per heavy atom. The van der Waals surface area contributed by atoms with E-state index in [-0.39, 0.29) is 0 Å². The average molecular weight is 419 g/mol. The first-order valence-electron chi connectivity index (χ1n) is 5.39. The lowest BCUT2D eigenvalue weighted by Gasteiger charge is -2.16. The van der Waals surface area contributed by atoms with Crippen molar-refractivity contribution in [3.63, 3.8) is 0 Å². The smallest absolute Gasteiger partial charge is 0.125 e. The largest absolute Gasteiger partial charge is 0.496 e. The van der Waals surface area contributed by atoms with Crippen molar-refractivity contribution < 1.29 is 9.84 Å². The van der Waals surface area contributed by atoms with E-state index in [2.05, 4.69) is 38.5 Å². The van der Waals surface area contributed by atoms with Gasteiger partial charge in [0.15, 0.2) is 0 Å². The van der Waals surface area contributed by atoms with E-state index in [4.69, 9.17) is 4.74 Å². The number of hydrogen-bond acceptors (Lipinski definition) is 2. The Bertz CT molecular complexity index is 557. The minimum Gasteiger partial charge on any atom is -0.496 e. The summed E-state index contributed by atoms with van der Waals surface area (Å²) in [5.74, 6) is 0.691. The van der Waals surface area contributed by atoms with E-state index in [1.807, 2.05) is 42.5 Å². The number of rotatable bonds is 3. The van der Waals surface area contributed by atoms with Gasteiger partial charge in [0.25, 0.3) is 0 Å². The molecule has 18 heavy (non-hydrogen) atoms. The molecule has 2 nitrogen and oxygen atoms in total. The molecule has 0 aromatic heterocycles. The molecule has 94 valence electrons. The highest BCUT2D eigenvalue weighted by Gasteiger charge is 2.17. The summed E-state index contributed by atoms with van der Waals surface area (Å²) in [6.45, 7) is 0. The fraction of sp³-hybridized carbons (Fsp3) is 0.143. The minimum absolute atomic E-state index is 0.691. The molecule has 2 aromatic carbocycles. The van der Waals surface area contributed by atoms with Crippen molar-refractivity contribution in [1.82, 2.24) is 0 Å². The predicted octanol–water partition coefficient (Wildman–Crippen LogP) is 4.14. The molecule has 0 amide bonds. The van der Waals surface area contributed by atoms with E-state index in [0.717, 1.165) is 19.2 Å². The van der Waals surface area contributed by atoms with Gasteiger partial charge in [0, 0.05) is 19.2 Å². The Morgan fingerprint density at radius 2 is 1.89 bits per heavy atom. The van der Waals surface area contributed by atoms with Gasteiger partial charge in [0.2, 0.25) is 0 Å². The van der Waals surface area contributed by atoms with Crippen LogP contribution < -0.4 is 4.74 Å². The first kappa shape index (κ1) is 13.8. The fourth-order valence-corrected chi connectivity index (χ4v) is 2.76. The molecule has 0 spiro atoms. The van der Waals surface area contributed by atoms with Gasteiger partial charge in [-0.15, -0.1) is 0 Å². The quantitative estimate of drug-likeness (QED) is 0.759. The molecule has 0 saturated carbocycles. The predicted molar refractivity (Wildman–Crippen MR) is 83.9 cm³/mol. The molecule has 0 radical (unpaired) electrons. The zero-order valence-electron chi connectivity index (χ0n) is 9.73. The summed E-state index contributed by atoms with van der Waals surface area (Å²) < 4.78 is 7.25. The van der Waals surface area contributed by atoms with Gasteiger partial charge in [0.05, 0.1) is 7.11 Å².